The number of aldehydes is 1. The van der Waals surface area contributed by atoms with Gasteiger partial charge in [-0.3, -0.25) is 4.79 Å². The van der Waals surface area contributed by atoms with E-state index in [1.165, 1.54) is 12.2 Å². The molecule has 9 atom stereocenters. The monoisotopic (exact) mass is 376 g/mol. The molecule has 3 saturated carbocycles. The van der Waals surface area contributed by atoms with Crippen LogP contribution in [0.2, 0.25) is 0 Å². The molecule has 4 nitrogen and oxygen atoms in total. The number of carbonyl (C=O) groups excluding carboxylic acids is 2. The van der Waals surface area contributed by atoms with Gasteiger partial charge in [-0.2, -0.15) is 0 Å². The molecular formula is C22H29FO4. The van der Waals surface area contributed by atoms with Gasteiger partial charge in [0.05, 0.1) is 6.10 Å². The van der Waals surface area contributed by atoms with Crippen LogP contribution in [0.1, 0.15) is 46.5 Å². The first-order valence-electron chi connectivity index (χ1n) is 10.0. The Bertz CT molecular complexity index is 745. The summed E-state index contributed by atoms with van der Waals surface area (Å²) in [6, 6.07) is 0. The summed E-state index contributed by atoms with van der Waals surface area (Å²) in [5, 5.41) is 21.5. The molecule has 0 aromatic heterocycles. The Kier molecular flexibility index (Phi) is 4.11. The summed E-state index contributed by atoms with van der Waals surface area (Å²) >= 11 is 0. The van der Waals surface area contributed by atoms with Crippen molar-refractivity contribution in [2.24, 2.45) is 34.5 Å². The predicted octanol–water partition coefficient (Wildman–Crippen LogP) is 2.78. The number of alkyl halides is 1. The summed E-state index contributed by atoms with van der Waals surface area (Å²) in [5.41, 5.74) is -2.55. The normalized spacial score (nSPS) is 52.4. The molecule has 4 unspecified atom stereocenters. The van der Waals surface area contributed by atoms with E-state index >= 15 is 4.39 Å². The zero-order valence-electron chi connectivity index (χ0n) is 16.2. The number of ketones is 1. The molecular weight excluding hydrogens is 347 g/mol. The number of fused-ring (bicyclic) bond motifs is 5. The minimum Gasteiger partial charge on any atom is -0.390 e. The van der Waals surface area contributed by atoms with E-state index in [-0.39, 0.29) is 35.9 Å². The van der Waals surface area contributed by atoms with E-state index in [2.05, 4.69) is 0 Å². The summed E-state index contributed by atoms with van der Waals surface area (Å²) < 4.78 is 16.8. The van der Waals surface area contributed by atoms with Crippen LogP contribution in [0.5, 0.6) is 0 Å². The number of hydrogen-bond acceptors (Lipinski definition) is 4. The largest absolute Gasteiger partial charge is 0.390 e. The molecule has 0 aromatic carbocycles. The van der Waals surface area contributed by atoms with Crippen molar-refractivity contribution in [3.8, 4) is 0 Å². The first-order valence-corrected chi connectivity index (χ1v) is 10.0. The molecule has 0 aromatic rings. The number of hydrogen-bond donors (Lipinski definition) is 2. The van der Waals surface area contributed by atoms with E-state index in [0.29, 0.717) is 19.1 Å². The summed E-state index contributed by atoms with van der Waals surface area (Å²) in [5.74, 6) is -0.679. The highest BCUT2D eigenvalue weighted by Crippen LogP contribution is 2.69. The third kappa shape index (κ3) is 2.21. The zero-order valence-corrected chi connectivity index (χ0v) is 16.2. The summed E-state index contributed by atoms with van der Waals surface area (Å²) in [7, 11) is 0. The zero-order chi connectivity index (χ0) is 19.8. The van der Waals surface area contributed by atoms with Crippen LogP contribution in [-0.4, -0.2) is 40.2 Å². The van der Waals surface area contributed by atoms with Crippen LogP contribution in [0.15, 0.2) is 23.8 Å². The smallest absolute Gasteiger partial charge is 0.178 e. The van der Waals surface area contributed by atoms with Crippen molar-refractivity contribution in [2.45, 2.75) is 64.3 Å². The fraction of sp³-hybridized carbons (Fsp3) is 0.727. The first-order chi connectivity index (χ1) is 12.6. The fourth-order valence-electron chi connectivity index (χ4n) is 7.43. The molecule has 0 radical (unpaired) electrons. The number of aliphatic hydroxyl groups excluding tert-OH is 2. The molecule has 3 fully saturated rings. The van der Waals surface area contributed by atoms with E-state index in [0.717, 1.165) is 12.0 Å². The van der Waals surface area contributed by atoms with Crippen molar-refractivity contribution in [2.75, 3.05) is 0 Å². The second-order valence-corrected chi connectivity index (χ2v) is 9.72. The minimum atomic E-state index is -1.85. The molecule has 4 aliphatic carbocycles. The van der Waals surface area contributed by atoms with E-state index in [1.54, 1.807) is 13.0 Å². The lowest BCUT2D eigenvalue weighted by Crippen LogP contribution is -2.66. The van der Waals surface area contributed by atoms with Gasteiger partial charge in [0.25, 0.3) is 0 Å². The third-order valence-electron chi connectivity index (χ3n) is 8.58. The van der Waals surface area contributed by atoms with Gasteiger partial charge in [0.2, 0.25) is 0 Å². The van der Waals surface area contributed by atoms with Crippen LogP contribution in [-0.2, 0) is 9.59 Å². The Labute approximate surface area is 159 Å². The Morgan fingerprint density at radius 2 is 2.04 bits per heavy atom. The number of rotatable bonds is 2. The van der Waals surface area contributed by atoms with Crippen LogP contribution in [0.3, 0.4) is 0 Å². The molecule has 0 amide bonds. The molecule has 148 valence electrons. The van der Waals surface area contributed by atoms with Gasteiger partial charge in [0.15, 0.2) is 11.5 Å². The van der Waals surface area contributed by atoms with Crippen LogP contribution in [0, 0.1) is 34.5 Å². The Morgan fingerprint density at radius 3 is 2.70 bits per heavy atom. The van der Waals surface area contributed by atoms with Gasteiger partial charge in [0.1, 0.15) is 12.4 Å². The molecule has 0 aliphatic heterocycles. The molecule has 5 heteroatoms. The van der Waals surface area contributed by atoms with Crippen LogP contribution >= 0.6 is 0 Å². The van der Waals surface area contributed by atoms with Gasteiger partial charge in [-0.1, -0.05) is 25.5 Å². The Morgan fingerprint density at radius 1 is 1.33 bits per heavy atom. The van der Waals surface area contributed by atoms with Gasteiger partial charge in [0, 0.05) is 11.3 Å². The molecule has 4 aliphatic rings. The molecule has 4 rings (SSSR count). The molecule has 2 N–H and O–H groups in total. The topological polar surface area (TPSA) is 74.6 Å². The van der Waals surface area contributed by atoms with E-state index in [4.69, 9.17) is 0 Å². The maximum absolute atomic E-state index is 16.8. The second kappa shape index (κ2) is 5.84. The number of carbonyl (C=O) groups is 2. The summed E-state index contributed by atoms with van der Waals surface area (Å²) in [6.07, 6.45) is 5.07. The number of halogens is 1. The predicted molar refractivity (Wildman–Crippen MR) is 98.5 cm³/mol. The van der Waals surface area contributed by atoms with Crippen molar-refractivity contribution in [3.05, 3.63) is 23.8 Å². The maximum atomic E-state index is 16.8. The lowest BCUT2D eigenvalue weighted by atomic mass is 9.45. The summed E-state index contributed by atoms with van der Waals surface area (Å²) in [4.78, 5) is 23.1. The number of allylic oxidation sites excluding steroid dienone is 4. The van der Waals surface area contributed by atoms with E-state index < -0.39 is 28.7 Å². The molecule has 0 saturated heterocycles. The highest BCUT2D eigenvalue weighted by Gasteiger charge is 2.71. The quantitative estimate of drug-likeness (QED) is 0.727. The Hall–Kier alpha value is -1.33. The molecule has 27 heavy (non-hydrogen) atoms. The van der Waals surface area contributed by atoms with Gasteiger partial charge >= 0.3 is 0 Å². The lowest BCUT2D eigenvalue weighted by molar-refractivity contribution is -0.199. The van der Waals surface area contributed by atoms with Crippen LogP contribution in [0.25, 0.3) is 0 Å². The van der Waals surface area contributed by atoms with Gasteiger partial charge in [-0.25, -0.2) is 4.39 Å². The average Bonchev–Trinajstić information content (AvgIpc) is 2.86. The van der Waals surface area contributed by atoms with Crippen molar-refractivity contribution in [1.82, 2.24) is 0 Å². The minimum absolute atomic E-state index is 0.00935. The van der Waals surface area contributed by atoms with E-state index in [9.17, 15) is 19.8 Å². The van der Waals surface area contributed by atoms with Gasteiger partial charge in [-0.15, -0.1) is 0 Å². The van der Waals surface area contributed by atoms with Crippen molar-refractivity contribution >= 4 is 12.1 Å². The lowest BCUT2D eigenvalue weighted by Gasteiger charge is -2.62. The van der Waals surface area contributed by atoms with Crippen molar-refractivity contribution in [3.63, 3.8) is 0 Å². The third-order valence-corrected chi connectivity index (χ3v) is 8.58. The SMILES string of the molecule is C[C@H]1CC2C3CCC4=CC(=O)C=C[C@]4(C)[C@@]3(F)[C@@H](O)C[C@@]2(C)C1C(O)C=O. The van der Waals surface area contributed by atoms with Gasteiger partial charge in [-0.05, 0) is 67.9 Å². The van der Waals surface area contributed by atoms with Crippen molar-refractivity contribution in [1.29, 1.82) is 0 Å². The standard InChI is InChI=1S/C22H29FO4/c1-12-8-16-15-5-4-13-9-14(25)6-7-21(13,3)22(15,23)18(27)10-20(16,2)19(12)17(26)11-24/h6-7,9,11-12,15-19,26-27H,4-5,8,10H2,1-3H3/t12-,15?,16?,17?,18-,19?,20+,21-,22-/m0/s1. The molecule has 0 heterocycles. The van der Waals surface area contributed by atoms with Gasteiger partial charge < -0.3 is 15.0 Å². The number of aliphatic hydroxyl groups is 2. The first kappa shape index (κ1) is 19.0. The summed E-state index contributed by atoms with van der Waals surface area (Å²) in [6.45, 7) is 5.83. The fourth-order valence-corrected chi connectivity index (χ4v) is 7.43. The van der Waals surface area contributed by atoms with Crippen LogP contribution in [0.4, 0.5) is 4.39 Å². The molecule has 0 bridgehead atoms. The Balaban J connectivity index is 1.80. The van der Waals surface area contributed by atoms with Crippen LogP contribution < -0.4 is 0 Å². The maximum Gasteiger partial charge on any atom is 0.178 e. The average molecular weight is 376 g/mol. The van der Waals surface area contributed by atoms with Crippen molar-refractivity contribution < 1.29 is 24.2 Å². The van der Waals surface area contributed by atoms with E-state index in [1.807, 2.05) is 13.8 Å². The highest BCUT2D eigenvalue weighted by atomic mass is 19.1. The second-order valence-electron chi connectivity index (χ2n) is 9.72. The molecule has 0 spiro atoms. The highest BCUT2D eigenvalue weighted by molar-refractivity contribution is 6.01.